The van der Waals surface area contributed by atoms with E-state index in [9.17, 15) is 22.8 Å². The van der Waals surface area contributed by atoms with E-state index in [0.29, 0.717) is 17.5 Å². The van der Waals surface area contributed by atoms with E-state index >= 15 is 0 Å². The SMILES string of the molecule is CCC[C@H](N[C@@H](c1ccc(-c2ccc(C(C)=O)cc2)cc1)C(F)(F)F)C(=O)O. The van der Waals surface area contributed by atoms with Gasteiger partial charge in [-0.15, -0.1) is 0 Å². The Balaban J connectivity index is 2.28. The summed E-state index contributed by atoms with van der Waals surface area (Å²) in [6.07, 6.45) is -4.08. The summed E-state index contributed by atoms with van der Waals surface area (Å²) in [6.45, 7) is 3.17. The topological polar surface area (TPSA) is 66.4 Å². The van der Waals surface area contributed by atoms with E-state index in [0.717, 1.165) is 5.56 Å². The number of carboxylic acids is 1. The molecular weight excluding hydrogens is 371 g/mol. The van der Waals surface area contributed by atoms with Gasteiger partial charge in [-0.2, -0.15) is 13.2 Å². The summed E-state index contributed by atoms with van der Waals surface area (Å²) in [5, 5.41) is 11.4. The van der Waals surface area contributed by atoms with E-state index in [2.05, 4.69) is 5.32 Å². The van der Waals surface area contributed by atoms with Gasteiger partial charge in [0.05, 0.1) is 0 Å². The second-order valence-corrected chi connectivity index (χ2v) is 6.58. The van der Waals surface area contributed by atoms with Gasteiger partial charge in [-0.3, -0.25) is 14.9 Å². The third kappa shape index (κ3) is 5.42. The molecule has 0 aliphatic rings. The number of alkyl halides is 3. The van der Waals surface area contributed by atoms with Crippen molar-refractivity contribution < 1.29 is 27.9 Å². The van der Waals surface area contributed by atoms with Gasteiger partial charge in [0.1, 0.15) is 12.1 Å². The van der Waals surface area contributed by atoms with E-state index in [1.807, 2.05) is 0 Å². The number of halogens is 3. The van der Waals surface area contributed by atoms with Crippen LogP contribution in [0.2, 0.25) is 0 Å². The maximum atomic E-state index is 13.5. The Kier molecular flexibility index (Phi) is 6.96. The Morgan fingerprint density at radius 3 is 1.89 bits per heavy atom. The molecule has 2 N–H and O–H groups in total. The summed E-state index contributed by atoms with van der Waals surface area (Å²) in [4.78, 5) is 22.6. The minimum atomic E-state index is -4.63. The van der Waals surface area contributed by atoms with Gasteiger partial charge in [0.15, 0.2) is 5.78 Å². The second kappa shape index (κ2) is 9.01. The smallest absolute Gasteiger partial charge is 0.407 e. The number of rotatable bonds is 8. The first-order valence-electron chi connectivity index (χ1n) is 8.90. The van der Waals surface area contributed by atoms with Crippen molar-refractivity contribution in [1.82, 2.24) is 5.32 Å². The van der Waals surface area contributed by atoms with Crippen LogP contribution in [0.1, 0.15) is 48.7 Å². The molecule has 28 heavy (non-hydrogen) atoms. The average Bonchev–Trinajstić information content (AvgIpc) is 2.64. The number of carbonyl (C=O) groups excluding carboxylic acids is 1. The molecule has 0 bridgehead atoms. The van der Waals surface area contributed by atoms with Crippen LogP contribution in [0.25, 0.3) is 11.1 Å². The Hall–Kier alpha value is -2.67. The van der Waals surface area contributed by atoms with Crippen LogP contribution in [-0.2, 0) is 4.79 Å². The molecule has 0 spiro atoms. The third-order valence-corrected chi connectivity index (χ3v) is 4.44. The summed E-state index contributed by atoms with van der Waals surface area (Å²) in [5.74, 6) is -1.38. The number of hydrogen-bond donors (Lipinski definition) is 2. The first-order chi connectivity index (χ1) is 13.1. The Labute approximate surface area is 161 Å². The summed E-state index contributed by atoms with van der Waals surface area (Å²) in [6, 6.07) is 9.20. The highest BCUT2D eigenvalue weighted by molar-refractivity contribution is 5.94. The summed E-state index contributed by atoms with van der Waals surface area (Å²) >= 11 is 0. The Bertz CT molecular complexity index is 814. The maximum Gasteiger partial charge on any atom is 0.407 e. The molecule has 0 amide bonds. The molecule has 0 saturated heterocycles. The number of hydrogen-bond acceptors (Lipinski definition) is 3. The molecule has 2 rings (SSSR count). The first-order valence-corrected chi connectivity index (χ1v) is 8.90. The van der Waals surface area contributed by atoms with Gasteiger partial charge in [0.2, 0.25) is 0 Å². The molecule has 0 saturated carbocycles. The molecule has 7 heteroatoms. The lowest BCUT2D eigenvalue weighted by Crippen LogP contribution is -2.44. The molecule has 0 fully saturated rings. The van der Waals surface area contributed by atoms with Crippen molar-refractivity contribution in [2.45, 2.75) is 44.9 Å². The van der Waals surface area contributed by atoms with Crippen LogP contribution in [0, 0.1) is 0 Å². The zero-order valence-corrected chi connectivity index (χ0v) is 15.6. The summed E-state index contributed by atoms with van der Waals surface area (Å²) < 4.78 is 40.6. The molecule has 0 heterocycles. The van der Waals surface area contributed by atoms with Crippen molar-refractivity contribution in [3.8, 4) is 11.1 Å². The van der Waals surface area contributed by atoms with Gasteiger partial charge in [-0.1, -0.05) is 61.9 Å². The number of carboxylic acid groups (broad SMARTS) is 1. The largest absolute Gasteiger partial charge is 0.480 e. The molecular formula is C21H22F3NO3. The number of Topliss-reactive ketones (excluding diaryl/α,β-unsaturated/α-hetero) is 1. The lowest BCUT2D eigenvalue weighted by Gasteiger charge is -2.26. The lowest BCUT2D eigenvalue weighted by atomic mass is 9.98. The fourth-order valence-corrected chi connectivity index (χ4v) is 2.91. The molecule has 2 aromatic carbocycles. The predicted octanol–water partition coefficient (Wildman–Crippen LogP) is 5.00. The molecule has 0 aliphatic heterocycles. The molecule has 2 aromatic rings. The van der Waals surface area contributed by atoms with Crippen LogP contribution in [0.5, 0.6) is 0 Å². The minimum Gasteiger partial charge on any atom is -0.480 e. The van der Waals surface area contributed by atoms with Crippen molar-refractivity contribution in [2.75, 3.05) is 0 Å². The quantitative estimate of drug-likeness (QED) is 0.619. The van der Waals surface area contributed by atoms with Crippen LogP contribution in [0.4, 0.5) is 13.2 Å². The molecule has 0 aromatic heterocycles. The fraction of sp³-hybridized carbons (Fsp3) is 0.333. The van der Waals surface area contributed by atoms with Crippen LogP contribution in [0.3, 0.4) is 0 Å². The van der Waals surface area contributed by atoms with E-state index in [1.165, 1.54) is 19.1 Å². The van der Waals surface area contributed by atoms with Crippen molar-refractivity contribution in [3.63, 3.8) is 0 Å². The standard InChI is InChI=1S/C21H22F3NO3/c1-3-4-18(20(27)28)25-19(21(22,23)24)17-11-9-16(10-12-17)15-7-5-14(6-8-15)13(2)26/h5-12,18-19,25H,3-4H2,1-2H3,(H,27,28)/t18-,19-/m0/s1. The fourth-order valence-electron chi connectivity index (χ4n) is 2.91. The number of nitrogens with one attached hydrogen (secondary N) is 1. The first kappa shape index (κ1) is 21.6. The molecule has 2 atom stereocenters. The highest BCUT2D eigenvalue weighted by Gasteiger charge is 2.42. The van der Waals surface area contributed by atoms with Crippen LogP contribution >= 0.6 is 0 Å². The number of carbonyl (C=O) groups is 2. The highest BCUT2D eigenvalue weighted by Crippen LogP contribution is 2.34. The molecule has 4 nitrogen and oxygen atoms in total. The zero-order chi connectivity index (χ0) is 20.9. The van der Waals surface area contributed by atoms with Crippen molar-refractivity contribution in [1.29, 1.82) is 0 Å². The van der Waals surface area contributed by atoms with Gasteiger partial charge in [-0.25, -0.2) is 0 Å². The van der Waals surface area contributed by atoms with E-state index < -0.39 is 24.2 Å². The maximum absolute atomic E-state index is 13.5. The summed E-state index contributed by atoms with van der Waals surface area (Å²) in [7, 11) is 0. The number of ketones is 1. The van der Waals surface area contributed by atoms with Gasteiger partial charge >= 0.3 is 12.1 Å². The molecule has 0 unspecified atom stereocenters. The van der Waals surface area contributed by atoms with Crippen LogP contribution in [-0.4, -0.2) is 29.1 Å². The van der Waals surface area contributed by atoms with Gasteiger partial charge in [-0.05, 0) is 30.0 Å². The highest BCUT2D eigenvalue weighted by atomic mass is 19.4. The molecule has 150 valence electrons. The van der Waals surface area contributed by atoms with E-state index in [4.69, 9.17) is 5.11 Å². The number of benzene rings is 2. The van der Waals surface area contributed by atoms with Crippen LogP contribution in [0.15, 0.2) is 48.5 Å². The van der Waals surface area contributed by atoms with Crippen molar-refractivity contribution in [2.24, 2.45) is 0 Å². The number of aliphatic carboxylic acids is 1. The Morgan fingerprint density at radius 1 is 1.00 bits per heavy atom. The zero-order valence-electron chi connectivity index (χ0n) is 15.6. The van der Waals surface area contributed by atoms with Gasteiger partial charge in [0, 0.05) is 5.56 Å². The second-order valence-electron chi connectivity index (χ2n) is 6.58. The van der Waals surface area contributed by atoms with Crippen molar-refractivity contribution >= 4 is 11.8 Å². The average molecular weight is 393 g/mol. The predicted molar refractivity (Wildman–Crippen MR) is 100 cm³/mol. The van der Waals surface area contributed by atoms with E-state index in [-0.39, 0.29) is 17.8 Å². The summed E-state index contributed by atoms with van der Waals surface area (Å²) in [5.41, 5.74) is 1.96. The monoisotopic (exact) mass is 393 g/mol. The third-order valence-electron chi connectivity index (χ3n) is 4.44. The molecule has 0 radical (unpaired) electrons. The normalized spacial score (nSPS) is 13.8. The van der Waals surface area contributed by atoms with Gasteiger partial charge in [0.25, 0.3) is 0 Å². The van der Waals surface area contributed by atoms with Gasteiger partial charge < -0.3 is 5.11 Å². The molecule has 0 aliphatic carbocycles. The lowest BCUT2D eigenvalue weighted by molar-refractivity contribution is -0.163. The Morgan fingerprint density at radius 2 is 1.50 bits per heavy atom. The van der Waals surface area contributed by atoms with Crippen molar-refractivity contribution in [3.05, 3.63) is 59.7 Å². The minimum absolute atomic E-state index is 0.0565. The van der Waals surface area contributed by atoms with Crippen LogP contribution < -0.4 is 5.32 Å². The van der Waals surface area contributed by atoms with E-state index in [1.54, 1.807) is 43.3 Å².